The zero-order valence-electron chi connectivity index (χ0n) is 20.7. The third-order valence-electron chi connectivity index (χ3n) is 4.33. The summed E-state index contributed by atoms with van der Waals surface area (Å²) in [5, 5.41) is 2.50. The molecule has 0 heterocycles. The molecule has 1 amide bonds. The van der Waals surface area contributed by atoms with E-state index in [4.69, 9.17) is 32.7 Å². The Hall–Kier alpha value is -2.06. The van der Waals surface area contributed by atoms with Gasteiger partial charge >= 0.3 is 11.9 Å². The van der Waals surface area contributed by atoms with E-state index < -0.39 is 40.9 Å². The second-order valence-electron chi connectivity index (χ2n) is 9.71. The van der Waals surface area contributed by atoms with Crippen LogP contribution in [-0.4, -0.2) is 59.9 Å². The molecule has 0 radical (unpaired) electrons. The number of benzene rings is 1. The first-order valence-corrected chi connectivity index (χ1v) is 12.2. The summed E-state index contributed by atoms with van der Waals surface area (Å²) in [6, 6.07) is 2.97. The van der Waals surface area contributed by atoms with Crippen LogP contribution in [-0.2, 0) is 19.1 Å². The molecule has 0 saturated carbocycles. The molecule has 0 fully saturated rings. The number of ether oxygens (including phenoxy) is 2. The molecule has 1 N–H and O–H groups in total. The SMILES string of the molecule is CC(C)(C)OC(=O)CC[C@H](NC(=O)c1ccc(N(CCCl)CCCl)cc1F)C(=O)OC(C)(C)C. The molecule has 0 aliphatic rings. The van der Waals surface area contributed by atoms with Crippen LogP contribution in [0.1, 0.15) is 64.7 Å². The lowest BCUT2D eigenvalue weighted by molar-refractivity contribution is -0.158. The van der Waals surface area contributed by atoms with Gasteiger partial charge in [0, 0.05) is 37.0 Å². The molecule has 0 aliphatic carbocycles. The number of esters is 2. The van der Waals surface area contributed by atoms with Gasteiger partial charge in [-0.15, -0.1) is 23.2 Å². The normalized spacial score (nSPS) is 12.6. The highest BCUT2D eigenvalue weighted by atomic mass is 35.5. The number of nitrogens with zero attached hydrogens (tertiary/aromatic N) is 1. The highest BCUT2D eigenvalue weighted by Gasteiger charge is 2.29. The summed E-state index contributed by atoms with van der Waals surface area (Å²) < 4.78 is 25.5. The minimum absolute atomic E-state index is 0.0610. The monoisotopic (exact) mass is 520 g/mol. The first-order valence-electron chi connectivity index (χ1n) is 11.1. The van der Waals surface area contributed by atoms with Gasteiger partial charge in [-0.3, -0.25) is 9.59 Å². The predicted molar refractivity (Wildman–Crippen MR) is 132 cm³/mol. The van der Waals surface area contributed by atoms with Crippen LogP contribution >= 0.6 is 23.2 Å². The first-order chi connectivity index (χ1) is 15.7. The molecular formula is C24H35Cl2FN2O5. The molecule has 0 unspecified atom stereocenters. The van der Waals surface area contributed by atoms with Crippen LogP contribution in [0.15, 0.2) is 18.2 Å². The van der Waals surface area contributed by atoms with E-state index in [9.17, 15) is 18.8 Å². The molecule has 192 valence electrons. The number of carbonyl (C=O) groups excluding carboxylic acids is 3. The van der Waals surface area contributed by atoms with Crippen molar-refractivity contribution in [3.8, 4) is 0 Å². The summed E-state index contributed by atoms with van der Waals surface area (Å²) in [7, 11) is 0. The van der Waals surface area contributed by atoms with Crippen molar-refractivity contribution in [2.24, 2.45) is 0 Å². The fourth-order valence-electron chi connectivity index (χ4n) is 2.97. The lowest BCUT2D eigenvalue weighted by Crippen LogP contribution is -2.44. The van der Waals surface area contributed by atoms with E-state index >= 15 is 0 Å². The molecule has 7 nitrogen and oxygen atoms in total. The maximum atomic E-state index is 14.8. The molecule has 1 atom stereocenters. The van der Waals surface area contributed by atoms with Crippen LogP contribution < -0.4 is 10.2 Å². The lowest BCUT2D eigenvalue weighted by atomic mass is 10.1. The minimum atomic E-state index is -1.16. The molecule has 34 heavy (non-hydrogen) atoms. The molecule has 1 rings (SSSR count). The molecule has 0 aliphatic heterocycles. The Morgan fingerprint density at radius 1 is 1.00 bits per heavy atom. The van der Waals surface area contributed by atoms with Gasteiger partial charge in [-0.25, -0.2) is 9.18 Å². The Morgan fingerprint density at radius 2 is 1.56 bits per heavy atom. The number of hydrogen-bond acceptors (Lipinski definition) is 6. The number of hydrogen-bond donors (Lipinski definition) is 1. The van der Waals surface area contributed by atoms with Gasteiger partial charge in [-0.05, 0) is 66.2 Å². The minimum Gasteiger partial charge on any atom is -0.460 e. The van der Waals surface area contributed by atoms with Crippen molar-refractivity contribution in [3.05, 3.63) is 29.6 Å². The summed E-state index contributed by atoms with van der Waals surface area (Å²) in [6.45, 7) is 11.2. The van der Waals surface area contributed by atoms with Crippen LogP contribution in [0.3, 0.4) is 0 Å². The van der Waals surface area contributed by atoms with Gasteiger partial charge in [-0.2, -0.15) is 0 Å². The fraction of sp³-hybridized carbons (Fsp3) is 0.625. The van der Waals surface area contributed by atoms with E-state index in [0.29, 0.717) is 30.5 Å². The van der Waals surface area contributed by atoms with Crippen molar-refractivity contribution in [2.45, 2.75) is 71.6 Å². The van der Waals surface area contributed by atoms with E-state index in [1.54, 1.807) is 52.5 Å². The highest BCUT2D eigenvalue weighted by molar-refractivity contribution is 6.18. The number of nitrogens with one attached hydrogen (secondary N) is 1. The lowest BCUT2D eigenvalue weighted by Gasteiger charge is -2.25. The Labute approximate surface area is 211 Å². The quantitative estimate of drug-likeness (QED) is 0.337. The Bertz CT molecular complexity index is 847. The van der Waals surface area contributed by atoms with Crippen molar-refractivity contribution < 1.29 is 28.2 Å². The van der Waals surface area contributed by atoms with Crippen LogP contribution in [0.2, 0.25) is 0 Å². The first kappa shape index (κ1) is 30.0. The van der Waals surface area contributed by atoms with Crippen molar-refractivity contribution >= 4 is 46.7 Å². The van der Waals surface area contributed by atoms with Crippen molar-refractivity contribution in [3.63, 3.8) is 0 Å². The molecular weight excluding hydrogens is 486 g/mol. The summed E-state index contributed by atoms with van der Waals surface area (Å²) in [6.07, 6.45) is -0.191. The molecule has 0 bridgehead atoms. The number of anilines is 1. The zero-order valence-corrected chi connectivity index (χ0v) is 22.2. The van der Waals surface area contributed by atoms with E-state index in [-0.39, 0.29) is 18.4 Å². The number of alkyl halides is 2. The summed E-state index contributed by atoms with van der Waals surface area (Å²) in [5.41, 5.74) is -1.21. The van der Waals surface area contributed by atoms with Crippen molar-refractivity contribution in [1.82, 2.24) is 5.32 Å². The van der Waals surface area contributed by atoms with E-state index in [2.05, 4.69) is 5.32 Å². The van der Waals surface area contributed by atoms with Crippen LogP contribution in [0.5, 0.6) is 0 Å². The second kappa shape index (κ2) is 13.1. The van der Waals surface area contributed by atoms with Gasteiger partial charge in [0.05, 0.1) is 5.56 Å². The molecule has 0 aromatic heterocycles. The molecule has 1 aromatic rings. The van der Waals surface area contributed by atoms with Gasteiger partial charge in [0.1, 0.15) is 23.1 Å². The van der Waals surface area contributed by atoms with Gasteiger partial charge in [0.25, 0.3) is 5.91 Å². The smallest absolute Gasteiger partial charge is 0.329 e. The Balaban J connectivity index is 3.04. The second-order valence-corrected chi connectivity index (χ2v) is 10.5. The third kappa shape index (κ3) is 10.9. The number of amides is 1. The van der Waals surface area contributed by atoms with Crippen molar-refractivity contribution in [1.29, 1.82) is 0 Å². The van der Waals surface area contributed by atoms with Gasteiger partial charge in [0.2, 0.25) is 0 Å². The van der Waals surface area contributed by atoms with Gasteiger partial charge < -0.3 is 19.7 Å². The van der Waals surface area contributed by atoms with Gasteiger partial charge in [-0.1, -0.05) is 0 Å². The maximum Gasteiger partial charge on any atom is 0.329 e. The number of rotatable bonds is 11. The van der Waals surface area contributed by atoms with E-state index in [0.717, 1.165) is 0 Å². The fourth-order valence-corrected chi connectivity index (χ4v) is 3.38. The highest BCUT2D eigenvalue weighted by Crippen LogP contribution is 2.20. The van der Waals surface area contributed by atoms with Crippen LogP contribution in [0, 0.1) is 5.82 Å². The predicted octanol–water partition coefficient (Wildman–Crippen LogP) is 4.67. The largest absolute Gasteiger partial charge is 0.460 e. The molecule has 0 saturated heterocycles. The Kier molecular flexibility index (Phi) is 11.6. The standard InChI is InChI=1S/C24H35Cl2FN2O5/c1-23(2,3)33-20(30)10-9-19(22(32)34-24(4,5)6)28-21(31)17-8-7-16(15-18(17)27)29(13-11-25)14-12-26/h7-8,15,19H,9-14H2,1-6H3,(H,28,31)/t19-/m0/s1. The van der Waals surface area contributed by atoms with Crippen molar-refractivity contribution in [2.75, 3.05) is 29.7 Å². The maximum absolute atomic E-state index is 14.8. The topological polar surface area (TPSA) is 84.9 Å². The molecule has 1 aromatic carbocycles. The summed E-state index contributed by atoms with van der Waals surface area (Å²) in [4.78, 5) is 39.4. The molecule has 0 spiro atoms. The van der Waals surface area contributed by atoms with Gasteiger partial charge in [0.15, 0.2) is 0 Å². The average Bonchev–Trinajstić information content (AvgIpc) is 2.68. The number of halogens is 3. The zero-order chi connectivity index (χ0) is 26.1. The molecule has 10 heteroatoms. The van der Waals surface area contributed by atoms with Crippen LogP contribution in [0.4, 0.5) is 10.1 Å². The van der Waals surface area contributed by atoms with Crippen LogP contribution in [0.25, 0.3) is 0 Å². The summed E-state index contributed by atoms with van der Waals surface area (Å²) >= 11 is 11.6. The average molecular weight is 521 g/mol. The van der Waals surface area contributed by atoms with E-state index in [1.165, 1.54) is 12.1 Å². The number of carbonyl (C=O) groups is 3. The third-order valence-corrected chi connectivity index (χ3v) is 4.66. The Morgan fingerprint density at radius 3 is 2.03 bits per heavy atom. The summed E-state index contributed by atoms with van der Waals surface area (Å²) in [5.74, 6) is -2.16. The van der Waals surface area contributed by atoms with E-state index in [1.807, 2.05) is 0 Å².